The SMILES string of the molecule is O=C(NCC1CCN(c2ncc(Cl)cn2)CC1)C1CC1. The van der Waals surface area contributed by atoms with Gasteiger partial charge in [0.1, 0.15) is 0 Å². The van der Waals surface area contributed by atoms with Crippen LogP contribution in [0.25, 0.3) is 0 Å². The van der Waals surface area contributed by atoms with Crippen LogP contribution in [0.4, 0.5) is 5.95 Å². The highest BCUT2D eigenvalue weighted by molar-refractivity contribution is 6.30. The van der Waals surface area contributed by atoms with E-state index in [-0.39, 0.29) is 5.91 Å². The summed E-state index contributed by atoms with van der Waals surface area (Å²) in [6.45, 7) is 2.68. The van der Waals surface area contributed by atoms with Crippen LogP contribution in [0.5, 0.6) is 0 Å². The zero-order chi connectivity index (χ0) is 13.9. The maximum absolute atomic E-state index is 11.6. The van der Waals surface area contributed by atoms with E-state index in [2.05, 4.69) is 20.2 Å². The first-order chi connectivity index (χ1) is 9.72. The molecule has 1 aromatic rings. The summed E-state index contributed by atoms with van der Waals surface area (Å²) in [6, 6.07) is 0. The number of piperidine rings is 1. The average Bonchev–Trinajstić information content (AvgIpc) is 3.31. The Morgan fingerprint density at radius 1 is 1.25 bits per heavy atom. The van der Waals surface area contributed by atoms with E-state index in [1.54, 1.807) is 12.4 Å². The van der Waals surface area contributed by atoms with Crippen molar-refractivity contribution in [2.75, 3.05) is 24.5 Å². The first-order valence-electron chi connectivity index (χ1n) is 7.22. The molecule has 1 aliphatic heterocycles. The number of anilines is 1. The Bertz CT molecular complexity index is 467. The molecule has 2 aliphatic rings. The van der Waals surface area contributed by atoms with E-state index in [0.717, 1.165) is 51.3 Å². The van der Waals surface area contributed by atoms with Gasteiger partial charge in [0.15, 0.2) is 0 Å². The summed E-state index contributed by atoms with van der Waals surface area (Å²) in [5.41, 5.74) is 0. The molecule has 1 aromatic heterocycles. The predicted molar refractivity (Wildman–Crippen MR) is 77.7 cm³/mol. The van der Waals surface area contributed by atoms with Gasteiger partial charge >= 0.3 is 0 Å². The molecule has 3 rings (SSSR count). The van der Waals surface area contributed by atoms with Gasteiger partial charge in [-0.3, -0.25) is 4.79 Å². The molecular formula is C14H19ClN4O. The summed E-state index contributed by atoms with van der Waals surface area (Å²) in [5, 5.41) is 3.63. The van der Waals surface area contributed by atoms with Crippen LogP contribution >= 0.6 is 11.6 Å². The lowest BCUT2D eigenvalue weighted by atomic mass is 9.97. The van der Waals surface area contributed by atoms with Crippen LogP contribution in [-0.4, -0.2) is 35.5 Å². The van der Waals surface area contributed by atoms with Gasteiger partial charge in [-0.1, -0.05) is 11.6 Å². The fourth-order valence-electron chi connectivity index (χ4n) is 2.54. The van der Waals surface area contributed by atoms with Gasteiger partial charge in [0, 0.05) is 25.6 Å². The van der Waals surface area contributed by atoms with E-state index < -0.39 is 0 Å². The fraction of sp³-hybridized carbons (Fsp3) is 0.643. The van der Waals surface area contributed by atoms with Crippen LogP contribution in [0, 0.1) is 11.8 Å². The van der Waals surface area contributed by atoms with E-state index in [4.69, 9.17) is 11.6 Å². The number of carbonyl (C=O) groups is 1. The average molecular weight is 295 g/mol. The summed E-state index contributed by atoms with van der Waals surface area (Å²) in [6.07, 6.45) is 7.53. The monoisotopic (exact) mass is 294 g/mol. The number of rotatable bonds is 4. The minimum absolute atomic E-state index is 0.244. The largest absolute Gasteiger partial charge is 0.356 e. The molecule has 0 radical (unpaired) electrons. The number of hydrogen-bond acceptors (Lipinski definition) is 4. The van der Waals surface area contributed by atoms with Crippen LogP contribution in [0.15, 0.2) is 12.4 Å². The van der Waals surface area contributed by atoms with Crippen molar-refractivity contribution in [3.05, 3.63) is 17.4 Å². The van der Waals surface area contributed by atoms with Gasteiger partial charge in [-0.15, -0.1) is 0 Å². The standard InChI is InChI=1S/C14H19ClN4O/c15-12-8-17-14(18-9-12)19-5-3-10(4-6-19)7-16-13(20)11-1-2-11/h8-11H,1-7H2,(H,16,20). The van der Waals surface area contributed by atoms with Gasteiger partial charge in [0.25, 0.3) is 0 Å². The number of nitrogens with zero attached hydrogens (tertiary/aromatic N) is 3. The molecule has 1 amide bonds. The summed E-state index contributed by atoms with van der Waals surface area (Å²) < 4.78 is 0. The molecule has 1 saturated heterocycles. The first kappa shape index (κ1) is 13.6. The van der Waals surface area contributed by atoms with Crippen molar-refractivity contribution in [3.8, 4) is 0 Å². The van der Waals surface area contributed by atoms with E-state index in [1.165, 1.54) is 0 Å². The van der Waals surface area contributed by atoms with Crippen molar-refractivity contribution >= 4 is 23.5 Å². The Hall–Kier alpha value is -1.36. The molecule has 2 heterocycles. The number of amides is 1. The van der Waals surface area contributed by atoms with Crippen molar-refractivity contribution in [2.24, 2.45) is 11.8 Å². The van der Waals surface area contributed by atoms with Crippen molar-refractivity contribution in [1.82, 2.24) is 15.3 Å². The molecule has 0 atom stereocenters. The molecule has 0 aromatic carbocycles. The second-order valence-corrected chi connectivity index (χ2v) is 6.09. The van der Waals surface area contributed by atoms with Gasteiger partial charge in [-0.2, -0.15) is 0 Å². The third-order valence-electron chi connectivity index (χ3n) is 4.02. The predicted octanol–water partition coefficient (Wildman–Crippen LogP) is 1.87. The van der Waals surface area contributed by atoms with Crippen LogP contribution < -0.4 is 10.2 Å². The minimum atomic E-state index is 0.244. The highest BCUT2D eigenvalue weighted by Gasteiger charge is 2.30. The van der Waals surface area contributed by atoms with Gasteiger partial charge in [-0.05, 0) is 31.6 Å². The molecule has 1 aliphatic carbocycles. The van der Waals surface area contributed by atoms with Crippen LogP contribution in [0.3, 0.4) is 0 Å². The van der Waals surface area contributed by atoms with Gasteiger partial charge < -0.3 is 10.2 Å². The van der Waals surface area contributed by atoms with E-state index in [9.17, 15) is 4.79 Å². The normalized spacial score (nSPS) is 19.9. The second-order valence-electron chi connectivity index (χ2n) is 5.65. The van der Waals surface area contributed by atoms with Crippen molar-refractivity contribution < 1.29 is 4.79 Å². The first-order valence-corrected chi connectivity index (χ1v) is 7.60. The molecule has 2 fully saturated rings. The number of halogens is 1. The number of aromatic nitrogens is 2. The lowest BCUT2D eigenvalue weighted by molar-refractivity contribution is -0.122. The Labute approximate surface area is 123 Å². The maximum Gasteiger partial charge on any atom is 0.225 e. The Balaban J connectivity index is 1.44. The highest BCUT2D eigenvalue weighted by atomic mass is 35.5. The lowest BCUT2D eigenvalue weighted by Crippen LogP contribution is -2.39. The third kappa shape index (κ3) is 3.39. The molecule has 0 bridgehead atoms. The zero-order valence-electron chi connectivity index (χ0n) is 11.4. The van der Waals surface area contributed by atoms with E-state index >= 15 is 0 Å². The number of nitrogens with one attached hydrogen (secondary N) is 1. The van der Waals surface area contributed by atoms with Crippen molar-refractivity contribution in [1.29, 1.82) is 0 Å². The van der Waals surface area contributed by atoms with Gasteiger partial charge in [-0.25, -0.2) is 9.97 Å². The van der Waals surface area contributed by atoms with Crippen LogP contribution in [-0.2, 0) is 4.79 Å². The smallest absolute Gasteiger partial charge is 0.225 e. The van der Waals surface area contributed by atoms with Crippen molar-refractivity contribution in [3.63, 3.8) is 0 Å². The molecule has 0 unspecified atom stereocenters. The topological polar surface area (TPSA) is 58.1 Å². The quantitative estimate of drug-likeness (QED) is 0.921. The summed E-state index contributed by atoms with van der Waals surface area (Å²) in [7, 11) is 0. The van der Waals surface area contributed by atoms with E-state index in [1.807, 2.05) is 0 Å². The highest BCUT2D eigenvalue weighted by Crippen LogP contribution is 2.29. The Morgan fingerprint density at radius 2 is 1.90 bits per heavy atom. The molecule has 6 heteroatoms. The molecule has 1 saturated carbocycles. The summed E-state index contributed by atoms with van der Waals surface area (Å²) in [5.74, 6) is 1.86. The minimum Gasteiger partial charge on any atom is -0.356 e. The summed E-state index contributed by atoms with van der Waals surface area (Å²) in [4.78, 5) is 22.3. The summed E-state index contributed by atoms with van der Waals surface area (Å²) >= 11 is 5.79. The fourth-order valence-corrected chi connectivity index (χ4v) is 2.64. The maximum atomic E-state index is 11.6. The Morgan fingerprint density at radius 3 is 2.50 bits per heavy atom. The molecule has 0 spiro atoms. The zero-order valence-corrected chi connectivity index (χ0v) is 12.1. The third-order valence-corrected chi connectivity index (χ3v) is 4.21. The van der Waals surface area contributed by atoms with Crippen LogP contribution in [0.1, 0.15) is 25.7 Å². The Kier molecular flexibility index (Phi) is 4.05. The lowest BCUT2D eigenvalue weighted by Gasteiger charge is -2.32. The molecule has 5 nitrogen and oxygen atoms in total. The molecular weight excluding hydrogens is 276 g/mol. The molecule has 20 heavy (non-hydrogen) atoms. The number of hydrogen-bond donors (Lipinski definition) is 1. The van der Waals surface area contributed by atoms with Crippen molar-refractivity contribution in [2.45, 2.75) is 25.7 Å². The molecule has 1 N–H and O–H groups in total. The molecule has 108 valence electrons. The number of carbonyl (C=O) groups excluding carboxylic acids is 1. The van der Waals surface area contributed by atoms with Gasteiger partial charge in [0.2, 0.25) is 11.9 Å². The van der Waals surface area contributed by atoms with Crippen LogP contribution in [0.2, 0.25) is 5.02 Å². The second kappa shape index (κ2) is 5.95. The van der Waals surface area contributed by atoms with E-state index in [0.29, 0.717) is 16.9 Å². The van der Waals surface area contributed by atoms with Gasteiger partial charge in [0.05, 0.1) is 17.4 Å².